The topological polar surface area (TPSA) is 115 Å². The minimum atomic E-state index is -0.840. The number of nitrogens with one attached hydrogen (secondary N) is 1. The van der Waals surface area contributed by atoms with Crippen molar-refractivity contribution in [1.29, 1.82) is 0 Å². The molecule has 7 rings (SSSR count). The first-order valence-corrected chi connectivity index (χ1v) is 17.3. The van der Waals surface area contributed by atoms with Crippen molar-refractivity contribution in [3.63, 3.8) is 0 Å². The minimum absolute atomic E-state index is 0.224. The molecule has 47 heavy (non-hydrogen) atoms. The number of halogens is 1. The molecular weight excluding hydrogens is 702 g/mol. The Bertz CT molecular complexity index is 2140. The number of carbonyl (C=O) groups is 4. The van der Waals surface area contributed by atoms with Crippen molar-refractivity contribution < 1.29 is 23.9 Å². The molecular formula is C35H26BrN3O6S2. The third kappa shape index (κ3) is 5.70. The highest BCUT2D eigenvalue weighted by Crippen LogP contribution is 2.54. The highest BCUT2D eigenvalue weighted by atomic mass is 79.9. The van der Waals surface area contributed by atoms with E-state index in [-0.39, 0.29) is 23.9 Å². The summed E-state index contributed by atoms with van der Waals surface area (Å²) < 4.78 is 7.25. The van der Waals surface area contributed by atoms with Crippen molar-refractivity contribution in [2.24, 2.45) is 5.92 Å². The maximum absolute atomic E-state index is 14.2. The van der Waals surface area contributed by atoms with Gasteiger partial charge in [-0.1, -0.05) is 81.5 Å². The van der Waals surface area contributed by atoms with E-state index in [1.54, 1.807) is 19.1 Å². The van der Waals surface area contributed by atoms with Crippen LogP contribution in [0.15, 0.2) is 105 Å². The van der Waals surface area contributed by atoms with Gasteiger partial charge < -0.3 is 10.1 Å². The summed E-state index contributed by atoms with van der Waals surface area (Å²) in [5, 5.41) is 4.57. The van der Waals surface area contributed by atoms with E-state index in [0.29, 0.717) is 26.8 Å². The molecule has 2 aliphatic heterocycles. The number of benzene rings is 4. The fourth-order valence-corrected chi connectivity index (χ4v) is 9.33. The summed E-state index contributed by atoms with van der Waals surface area (Å²) in [6.45, 7) is 1.68. The van der Waals surface area contributed by atoms with Gasteiger partial charge >= 0.3 is 10.8 Å². The zero-order valence-electron chi connectivity index (χ0n) is 24.8. The second-order valence-corrected chi connectivity index (χ2v) is 14.1. The number of esters is 1. The molecule has 4 aromatic carbocycles. The molecule has 2 aliphatic rings. The first kappa shape index (κ1) is 31.1. The zero-order valence-corrected chi connectivity index (χ0v) is 28.1. The number of ether oxygens (including phenoxy) is 1. The van der Waals surface area contributed by atoms with Gasteiger partial charge in [0.05, 0.1) is 28.8 Å². The number of carbonyl (C=O) groups excluding carboxylic acids is 4. The van der Waals surface area contributed by atoms with Crippen molar-refractivity contribution in [3.05, 3.63) is 121 Å². The predicted molar refractivity (Wildman–Crippen MR) is 185 cm³/mol. The van der Waals surface area contributed by atoms with E-state index in [1.807, 2.05) is 66.7 Å². The third-order valence-electron chi connectivity index (χ3n) is 8.23. The number of fused-ring (bicyclic) bond motifs is 3. The van der Waals surface area contributed by atoms with Gasteiger partial charge in [0.1, 0.15) is 11.8 Å². The summed E-state index contributed by atoms with van der Waals surface area (Å²) in [5.74, 6) is -3.10. The van der Waals surface area contributed by atoms with Crippen molar-refractivity contribution in [3.8, 4) is 0 Å². The Kier molecular flexibility index (Phi) is 8.33. The quantitative estimate of drug-likeness (QED) is 0.152. The first-order chi connectivity index (χ1) is 22.7. The van der Waals surface area contributed by atoms with E-state index in [9.17, 15) is 24.0 Å². The van der Waals surface area contributed by atoms with Gasteiger partial charge in [0.25, 0.3) is 0 Å². The Labute approximate surface area is 285 Å². The molecule has 12 heteroatoms. The zero-order chi connectivity index (χ0) is 32.8. The van der Waals surface area contributed by atoms with Crippen LogP contribution in [0.2, 0.25) is 0 Å². The average molecular weight is 729 g/mol. The highest BCUT2D eigenvalue weighted by molar-refractivity contribution is 9.10. The molecule has 0 radical (unpaired) electrons. The van der Waals surface area contributed by atoms with Crippen molar-refractivity contribution >= 4 is 84.9 Å². The number of amides is 3. The Morgan fingerprint density at radius 2 is 1.66 bits per heavy atom. The molecule has 236 valence electrons. The highest BCUT2D eigenvalue weighted by Gasteiger charge is 2.56. The van der Waals surface area contributed by atoms with Crippen LogP contribution in [0.4, 0.5) is 11.4 Å². The number of anilines is 2. The standard InChI is InChI=1S/C35H26BrN3O6S2/c1-2-45-34(43)20-11-14-25(15-12-20)39-31(41)28-27(22-8-5-9-23(36)16-22)30-33(46-29(28)32(39)42)38(35(44)47-30)18-26(40)37-24-13-10-19-6-3-4-7-21(19)17-24/h3-17,27-29H,2,18H2,1H3,(H,37,40)/t27-,28?,29?/m1/s1. The molecule has 5 aromatic rings. The molecule has 0 bridgehead atoms. The predicted octanol–water partition coefficient (Wildman–Crippen LogP) is 6.44. The van der Waals surface area contributed by atoms with Crippen molar-refractivity contribution in [2.75, 3.05) is 16.8 Å². The number of aromatic nitrogens is 1. The van der Waals surface area contributed by atoms with Gasteiger partial charge in [0, 0.05) is 21.0 Å². The van der Waals surface area contributed by atoms with Gasteiger partial charge in [-0.05, 0) is 71.8 Å². The molecule has 9 nitrogen and oxygen atoms in total. The SMILES string of the molecule is CCOC(=O)c1ccc(N2C(=O)C3Sc4c(sc(=O)n4CC(=O)Nc4ccc5ccccc5c4)[C@H](c4cccc(Br)c4)C3C2=O)cc1. The van der Waals surface area contributed by atoms with Crippen molar-refractivity contribution in [1.82, 2.24) is 4.57 Å². The molecule has 3 amide bonds. The van der Waals surface area contributed by atoms with Crippen LogP contribution < -0.4 is 15.1 Å². The molecule has 2 unspecified atom stereocenters. The Hall–Kier alpha value is -4.52. The largest absolute Gasteiger partial charge is 0.462 e. The fourth-order valence-electron chi connectivity index (χ4n) is 6.14. The molecule has 0 aliphatic carbocycles. The van der Waals surface area contributed by atoms with Crippen LogP contribution >= 0.6 is 39.0 Å². The monoisotopic (exact) mass is 727 g/mol. The van der Waals surface area contributed by atoms with Crippen LogP contribution in [-0.2, 0) is 25.7 Å². The number of hydrogen-bond donors (Lipinski definition) is 1. The van der Waals surface area contributed by atoms with Crippen LogP contribution in [0.1, 0.15) is 33.6 Å². The van der Waals surface area contributed by atoms with Crippen LogP contribution in [0.5, 0.6) is 0 Å². The number of imide groups is 1. The number of thiazole rings is 1. The number of thioether (sulfide) groups is 1. The molecule has 0 saturated carbocycles. The fraction of sp³-hybridized carbons (Fsp3) is 0.171. The Morgan fingerprint density at radius 1 is 0.894 bits per heavy atom. The number of hydrogen-bond acceptors (Lipinski definition) is 8. The van der Waals surface area contributed by atoms with E-state index < -0.39 is 34.9 Å². The molecule has 1 fully saturated rings. The summed E-state index contributed by atoms with van der Waals surface area (Å²) in [6, 6.07) is 27.0. The van der Waals surface area contributed by atoms with E-state index in [1.165, 1.54) is 16.7 Å². The van der Waals surface area contributed by atoms with Gasteiger partial charge in [0.2, 0.25) is 17.7 Å². The normalized spacial score (nSPS) is 18.6. The molecule has 1 N–H and O–H groups in total. The van der Waals surface area contributed by atoms with Gasteiger partial charge in [-0.15, -0.1) is 0 Å². The molecule has 1 aromatic heterocycles. The summed E-state index contributed by atoms with van der Waals surface area (Å²) in [4.78, 5) is 68.6. The van der Waals surface area contributed by atoms with Gasteiger partial charge in [-0.25, -0.2) is 9.69 Å². The van der Waals surface area contributed by atoms with Crippen LogP contribution in [0.3, 0.4) is 0 Å². The lowest BCUT2D eigenvalue weighted by atomic mass is 9.83. The molecule has 3 heterocycles. The molecule has 1 saturated heterocycles. The number of nitrogens with zero attached hydrogens (tertiary/aromatic N) is 2. The Morgan fingerprint density at radius 3 is 2.40 bits per heavy atom. The lowest BCUT2D eigenvalue weighted by Crippen LogP contribution is -2.33. The summed E-state index contributed by atoms with van der Waals surface area (Å²) in [6.07, 6.45) is 0. The molecule has 3 atom stereocenters. The average Bonchev–Trinajstić information content (AvgIpc) is 3.50. The van der Waals surface area contributed by atoms with E-state index in [4.69, 9.17) is 4.74 Å². The summed E-state index contributed by atoms with van der Waals surface area (Å²) in [5.41, 5.74) is 2.02. The maximum Gasteiger partial charge on any atom is 0.338 e. The lowest BCUT2D eigenvalue weighted by molar-refractivity contribution is -0.122. The van der Waals surface area contributed by atoms with Crippen LogP contribution in [0.25, 0.3) is 10.8 Å². The van der Waals surface area contributed by atoms with E-state index in [0.717, 1.165) is 48.8 Å². The third-order valence-corrected chi connectivity index (χ3v) is 11.3. The lowest BCUT2D eigenvalue weighted by Gasteiger charge is -2.30. The Balaban J connectivity index is 1.23. The van der Waals surface area contributed by atoms with Gasteiger partial charge in [-0.3, -0.25) is 23.7 Å². The number of rotatable bonds is 7. The van der Waals surface area contributed by atoms with E-state index in [2.05, 4.69) is 21.2 Å². The second-order valence-electron chi connectivity index (χ2n) is 11.1. The second kappa shape index (κ2) is 12.6. The van der Waals surface area contributed by atoms with Gasteiger partial charge in [0.15, 0.2) is 0 Å². The van der Waals surface area contributed by atoms with Crippen molar-refractivity contribution in [2.45, 2.75) is 29.7 Å². The molecule has 0 spiro atoms. The van der Waals surface area contributed by atoms with Gasteiger partial charge in [-0.2, -0.15) is 0 Å². The summed E-state index contributed by atoms with van der Waals surface area (Å²) in [7, 11) is 0. The van der Waals surface area contributed by atoms with Crippen LogP contribution in [-0.4, -0.2) is 40.1 Å². The smallest absolute Gasteiger partial charge is 0.338 e. The summed E-state index contributed by atoms with van der Waals surface area (Å²) >= 11 is 5.66. The minimum Gasteiger partial charge on any atom is -0.462 e. The maximum atomic E-state index is 14.2. The van der Waals surface area contributed by atoms with Crippen LogP contribution in [0, 0.1) is 5.92 Å². The first-order valence-electron chi connectivity index (χ1n) is 14.8. The van der Waals surface area contributed by atoms with E-state index >= 15 is 0 Å².